The number of thiazole rings is 2. The Kier molecular flexibility index (Phi) is 7.39. The molecule has 0 spiro atoms. The van der Waals surface area contributed by atoms with Gasteiger partial charge < -0.3 is 0 Å². The van der Waals surface area contributed by atoms with Crippen LogP contribution < -0.4 is 10.6 Å². The highest BCUT2D eigenvalue weighted by Gasteiger charge is 2.67. The molecule has 2 aromatic heterocycles. The molecule has 0 fully saturated rings. The van der Waals surface area contributed by atoms with E-state index in [4.69, 9.17) is 0 Å². The Hall–Kier alpha value is -3.64. The monoisotopic (exact) mass is 562 g/mol. The number of carbonyl (C=O) groups excluding carboxylic acids is 2. The molecule has 2 amide bonds. The Morgan fingerprint density at radius 1 is 0.684 bits per heavy atom. The average Bonchev–Trinajstić information content (AvgIpc) is 3.48. The second-order valence-electron chi connectivity index (χ2n) is 8.77. The highest BCUT2D eigenvalue weighted by molar-refractivity contribution is 7.14. The number of hydrogen-bond acceptors (Lipinski definition) is 6. The predicted molar refractivity (Wildman–Crippen MR) is 141 cm³/mol. The Balaban J connectivity index is 1.47. The van der Waals surface area contributed by atoms with Gasteiger partial charge in [0.2, 0.25) is 0 Å². The molecular formula is C26H22F4N4O2S2. The highest BCUT2D eigenvalue weighted by Crippen LogP contribution is 2.38. The molecular weight excluding hydrogens is 540 g/mol. The number of alkyl halides is 4. The second-order valence-corrected chi connectivity index (χ2v) is 10.5. The standard InChI is InChI=1S/C26H22F4N4O2S2/c1-13-5-7-17(15(3)9-13)19-11-37-23(31-19)33-21(35)25(27,28)26(29,30)22(36)34-24-32-20(12-38-24)18-8-6-14(2)10-16(18)4/h5-12H,1-4H3,(H,31,33,35)(H,32,34,36). The molecule has 0 aliphatic rings. The van der Waals surface area contributed by atoms with Gasteiger partial charge in [0.25, 0.3) is 0 Å². The van der Waals surface area contributed by atoms with Gasteiger partial charge in [-0.2, -0.15) is 17.6 Å². The molecule has 2 heterocycles. The Morgan fingerprint density at radius 3 is 1.39 bits per heavy atom. The van der Waals surface area contributed by atoms with E-state index in [-0.39, 0.29) is 10.3 Å². The van der Waals surface area contributed by atoms with Crippen molar-refractivity contribution < 1.29 is 27.2 Å². The van der Waals surface area contributed by atoms with E-state index in [0.29, 0.717) is 22.5 Å². The molecule has 2 aromatic carbocycles. The molecule has 12 heteroatoms. The van der Waals surface area contributed by atoms with Gasteiger partial charge in [0.1, 0.15) is 0 Å². The van der Waals surface area contributed by atoms with Gasteiger partial charge in [0.05, 0.1) is 11.4 Å². The first kappa shape index (κ1) is 27.4. The van der Waals surface area contributed by atoms with Crippen LogP contribution in [0.15, 0.2) is 47.2 Å². The lowest BCUT2D eigenvalue weighted by atomic mass is 10.0. The first-order valence-corrected chi connectivity index (χ1v) is 13.0. The van der Waals surface area contributed by atoms with Crippen molar-refractivity contribution in [1.82, 2.24) is 9.97 Å². The van der Waals surface area contributed by atoms with Crippen LogP contribution in [-0.4, -0.2) is 33.6 Å². The first-order chi connectivity index (χ1) is 17.8. The highest BCUT2D eigenvalue weighted by atomic mass is 32.1. The van der Waals surface area contributed by atoms with Gasteiger partial charge in [-0.05, 0) is 38.8 Å². The van der Waals surface area contributed by atoms with Crippen LogP contribution in [0.25, 0.3) is 22.5 Å². The molecule has 2 N–H and O–H groups in total. The zero-order valence-corrected chi connectivity index (χ0v) is 22.3. The van der Waals surface area contributed by atoms with Crippen LogP contribution in [0.1, 0.15) is 22.3 Å². The van der Waals surface area contributed by atoms with Crippen LogP contribution in [0.4, 0.5) is 27.8 Å². The average molecular weight is 563 g/mol. The number of aryl methyl sites for hydroxylation is 4. The molecule has 0 aliphatic heterocycles. The molecule has 0 atom stereocenters. The smallest absolute Gasteiger partial charge is 0.296 e. The van der Waals surface area contributed by atoms with E-state index < -0.39 is 23.7 Å². The molecule has 4 aromatic rings. The van der Waals surface area contributed by atoms with E-state index in [9.17, 15) is 27.2 Å². The summed E-state index contributed by atoms with van der Waals surface area (Å²) < 4.78 is 58.3. The summed E-state index contributed by atoms with van der Waals surface area (Å²) in [5, 5.41) is 5.82. The number of amides is 2. The van der Waals surface area contributed by atoms with Crippen molar-refractivity contribution >= 4 is 44.8 Å². The minimum atomic E-state index is -5.36. The summed E-state index contributed by atoms with van der Waals surface area (Å²) in [4.78, 5) is 32.5. The summed E-state index contributed by atoms with van der Waals surface area (Å²) in [6.45, 7) is 7.47. The van der Waals surface area contributed by atoms with E-state index in [1.807, 2.05) is 52.0 Å². The second kappa shape index (κ2) is 10.3. The molecule has 38 heavy (non-hydrogen) atoms. The molecule has 0 bridgehead atoms. The zero-order chi connectivity index (χ0) is 27.8. The predicted octanol–water partition coefficient (Wildman–Crippen LogP) is 7.02. The maximum absolute atomic E-state index is 14.6. The van der Waals surface area contributed by atoms with Crippen LogP contribution in [-0.2, 0) is 9.59 Å². The van der Waals surface area contributed by atoms with Crippen molar-refractivity contribution in [1.29, 1.82) is 0 Å². The lowest BCUT2D eigenvalue weighted by Crippen LogP contribution is -2.56. The molecule has 0 saturated heterocycles. The van der Waals surface area contributed by atoms with Crippen LogP contribution in [0, 0.1) is 27.7 Å². The topological polar surface area (TPSA) is 84.0 Å². The number of aromatic nitrogens is 2. The first-order valence-electron chi connectivity index (χ1n) is 11.2. The minimum absolute atomic E-state index is 0.307. The fourth-order valence-corrected chi connectivity index (χ4v) is 5.16. The molecule has 0 aliphatic carbocycles. The number of carbonyl (C=O) groups is 2. The minimum Gasteiger partial charge on any atom is -0.296 e. The van der Waals surface area contributed by atoms with Crippen molar-refractivity contribution in [2.24, 2.45) is 0 Å². The number of hydrogen-bond donors (Lipinski definition) is 2. The number of nitrogens with one attached hydrogen (secondary N) is 2. The van der Waals surface area contributed by atoms with E-state index in [1.54, 1.807) is 22.8 Å². The molecule has 4 rings (SSSR count). The Morgan fingerprint density at radius 2 is 1.05 bits per heavy atom. The molecule has 0 radical (unpaired) electrons. The van der Waals surface area contributed by atoms with Gasteiger partial charge in [0, 0.05) is 21.9 Å². The fourth-order valence-electron chi connectivity index (χ4n) is 3.75. The summed E-state index contributed by atoms with van der Waals surface area (Å²) in [5.74, 6) is -15.4. The number of anilines is 2. The van der Waals surface area contributed by atoms with Crippen molar-refractivity contribution in [3.63, 3.8) is 0 Å². The van der Waals surface area contributed by atoms with Gasteiger partial charge in [-0.25, -0.2) is 9.97 Å². The SMILES string of the molecule is Cc1ccc(-c2csc(NC(=O)C(F)(F)C(F)(F)C(=O)Nc3nc(-c4ccc(C)cc4C)cs3)n2)c(C)c1. The van der Waals surface area contributed by atoms with Gasteiger partial charge in [0.15, 0.2) is 10.3 Å². The third-order valence-electron chi connectivity index (χ3n) is 5.73. The number of halogens is 4. The third kappa shape index (κ3) is 5.32. The fraction of sp³-hybridized carbons (Fsp3) is 0.231. The number of benzene rings is 2. The lowest BCUT2D eigenvalue weighted by Gasteiger charge is -2.23. The lowest BCUT2D eigenvalue weighted by molar-refractivity contribution is -0.204. The normalized spacial score (nSPS) is 11.9. The largest absolute Gasteiger partial charge is 0.396 e. The third-order valence-corrected chi connectivity index (χ3v) is 7.25. The molecule has 198 valence electrons. The summed E-state index contributed by atoms with van der Waals surface area (Å²) >= 11 is 1.59. The van der Waals surface area contributed by atoms with Gasteiger partial charge in [-0.15, -0.1) is 22.7 Å². The Labute approximate surface area is 223 Å². The van der Waals surface area contributed by atoms with E-state index in [1.165, 1.54) is 10.8 Å². The quantitative estimate of drug-likeness (QED) is 0.237. The molecule has 6 nitrogen and oxygen atoms in total. The molecule has 0 saturated carbocycles. The molecule has 0 unspecified atom stereocenters. The van der Waals surface area contributed by atoms with Crippen LogP contribution in [0.3, 0.4) is 0 Å². The van der Waals surface area contributed by atoms with Gasteiger partial charge in [-0.1, -0.05) is 47.5 Å². The maximum Gasteiger partial charge on any atom is 0.396 e. The van der Waals surface area contributed by atoms with E-state index in [0.717, 1.165) is 44.9 Å². The van der Waals surface area contributed by atoms with Crippen molar-refractivity contribution in [2.45, 2.75) is 39.5 Å². The van der Waals surface area contributed by atoms with Gasteiger partial charge in [-0.3, -0.25) is 20.2 Å². The van der Waals surface area contributed by atoms with Crippen molar-refractivity contribution in [3.05, 3.63) is 69.4 Å². The Bertz CT molecular complexity index is 1420. The zero-order valence-electron chi connectivity index (χ0n) is 20.7. The van der Waals surface area contributed by atoms with E-state index in [2.05, 4.69) is 9.97 Å². The summed E-state index contributed by atoms with van der Waals surface area (Å²) in [6.07, 6.45) is 0. The van der Waals surface area contributed by atoms with Crippen molar-refractivity contribution in [2.75, 3.05) is 10.6 Å². The number of nitrogens with zero attached hydrogens (tertiary/aromatic N) is 2. The van der Waals surface area contributed by atoms with Crippen molar-refractivity contribution in [3.8, 4) is 22.5 Å². The summed E-state index contributed by atoms with van der Waals surface area (Å²) in [7, 11) is 0. The van der Waals surface area contributed by atoms with E-state index >= 15 is 0 Å². The maximum atomic E-state index is 14.6. The van der Waals surface area contributed by atoms with Crippen LogP contribution >= 0.6 is 22.7 Å². The summed E-state index contributed by atoms with van der Waals surface area (Å²) in [5.41, 5.74) is 5.93. The van der Waals surface area contributed by atoms with Crippen LogP contribution in [0.2, 0.25) is 0 Å². The number of rotatable bonds is 7. The van der Waals surface area contributed by atoms with Gasteiger partial charge >= 0.3 is 23.7 Å². The van der Waals surface area contributed by atoms with Crippen LogP contribution in [0.5, 0.6) is 0 Å². The summed E-state index contributed by atoms with van der Waals surface area (Å²) in [6, 6.07) is 11.0.